The highest BCUT2D eigenvalue weighted by atomic mass is 16.5. The standard InChI is InChI=1S/C18H26O3/c1-6-13(8-11-17(19)20)15-12-14(18(3,4)5)9-10-16(15)21-7-2/h8-10,12H,6-7,11H2,1-5H3,(H,19,20)/b13-8+. The molecule has 3 heteroatoms. The zero-order valence-electron chi connectivity index (χ0n) is 13.7. The smallest absolute Gasteiger partial charge is 0.307 e. The summed E-state index contributed by atoms with van der Waals surface area (Å²) in [6.45, 7) is 11.1. The van der Waals surface area contributed by atoms with Gasteiger partial charge in [-0.25, -0.2) is 0 Å². The van der Waals surface area contributed by atoms with Gasteiger partial charge in [-0.15, -0.1) is 0 Å². The average Bonchev–Trinajstić information content (AvgIpc) is 2.39. The van der Waals surface area contributed by atoms with Crippen molar-refractivity contribution in [1.29, 1.82) is 0 Å². The number of carbonyl (C=O) groups is 1. The maximum atomic E-state index is 10.8. The molecule has 0 unspecified atom stereocenters. The fourth-order valence-corrected chi connectivity index (χ4v) is 2.18. The van der Waals surface area contributed by atoms with Gasteiger partial charge in [0.05, 0.1) is 13.0 Å². The van der Waals surface area contributed by atoms with Crippen LogP contribution in [0.25, 0.3) is 5.57 Å². The van der Waals surface area contributed by atoms with Crippen LogP contribution in [0.1, 0.15) is 58.6 Å². The SMILES string of the molecule is CCOc1ccc(C(C)(C)C)cc1/C(=C/CC(=O)O)CC. The Bertz CT molecular complexity index is 522. The summed E-state index contributed by atoms with van der Waals surface area (Å²) in [5.41, 5.74) is 3.29. The number of carboxylic acids is 1. The molecule has 21 heavy (non-hydrogen) atoms. The van der Waals surface area contributed by atoms with Crippen LogP contribution in [0.15, 0.2) is 24.3 Å². The van der Waals surface area contributed by atoms with Crippen LogP contribution in [0.2, 0.25) is 0 Å². The molecular formula is C18H26O3. The Morgan fingerprint density at radius 3 is 2.43 bits per heavy atom. The quantitative estimate of drug-likeness (QED) is 0.829. The molecule has 0 saturated carbocycles. The van der Waals surface area contributed by atoms with E-state index >= 15 is 0 Å². The maximum absolute atomic E-state index is 10.8. The van der Waals surface area contributed by atoms with Crippen molar-refractivity contribution in [2.45, 2.75) is 52.9 Å². The highest BCUT2D eigenvalue weighted by Crippen LogP contribution is 2.33. The van der Waals surface area contributed by atoms with Crippen molar-refractivity contribution in [3.63, 3.8) is 0 Å². The summed E-state index contributed by atoms with van der Waals surface area (Å²) in [6.07, 6.45) is 2.60. The summed E-state index contributed by atoms with van der Waals surface area (Å²) >= 11 is 0. The van der Waals surface area contributed by atoms with Crippen LogP contribution >= 0.6 is 0 Å². The third kappa shape index (κ3) is 4.92. The molecule has 1 aromatic rings. The van der Waals surface area contributed by atoms with E-state index in [4.69, 9.17) is 9.84 Å². The predicted molar refractivity (Wildman–Crippen MR) is 86.8 cm³/mol. The molecule has 0 fully saturated rings. The van der Waals surface area contributed by atoms with Gasteiger partial charge in [0.1, 0.15) is 5.75 Å². The normalized spacial score (nSPS) is 12.3. The van der Waals surface area contributed by atoms with Crippen LogP contribution in [0.3, 0.4) is 0 Å². The third-order valence-corrected chi connectivity index (χ3v) is 3.40. The topological polar surface area (TPSA) is 46.5 Å². The molecule has 1 rings (SSSR count). The summed E-state index contributed by atoms with van der Waals surface area (Å²) in [4.78, 5) is 10.8. The number of hydrogen-bond donors (Lipinski definition) is 1. The van der Waals surface area contributed by atoms with Gasteiger partial charge in [0.2, 0.25) is 0 Å². The second-order valence-electron chi connectivity index (χ2n) is 6.07. The van der Waals surface area contributed by atoms with Crippen molar-refractivity contribution >= 4 is 11.5 Å². The second kappa shape index (κ2) is 7.30. The monoisotopic (exact) mass is 290 g/mol. The first-order chi connectivity index (χ1) is 9.79. The van der Waals surface area contributed by atoms with Gasteiger partial charge in [-0.05, 0) is 42.0 Å². The Hall–Kier alpha value is -1.77. The van der Waals surface area contributed by atoms with E-state index in [1.807, 2.05) is 19.9 Å². The molecule has 1 N–H and O–H groups in total. The van der Waals surface area contributed by atoms with E-state index in [0.717, 1.165) is 23.3 Å². The van der Waals surface area contributed by atoms with E-state index in [1.54, 1.807) is 6.08 Å². The molecule has 0 saturated heterocycles. The van der Waals surface area contributed by atoms with Crippen LogP contribution in [0, 0.1) is 0 Å². The minimum Gasteiger partial charge on any atom is -0.493 e. The first kappa shape index (κ1) is 17.3. The number of carboxylic acid groups (broad SMARTS) is 1. The highest BCUT2D eigenvalue weighted by Gasteiger charge is 2.17. The van der Waals surface area contributed by atoms with Crippen LogP contribution in [-0.2, 0) is 10.2 Å². The number of ether oxygens (including phenoxy) is 1. The predicted octanol–water partition coefficient (Wildman–Crippen LogP) is 4.65. The van der Waals surface area contributed by atoms with Gasteiger partial charge in [0.25, 0.3) is 0 Å². The van der Waals surface area contributed by atoms with Crippen LogP contribution in [0.4, 0.5) is 0 Å². The van der Waals surface area contributed by atoms with Gasteiger partial charge in [-0.1, -0.05) is 39.8 Å². The lowest BCUT2D eigenvalue weighted by Crippen LogP contribution is -2.12. The lowest BCUT2D eigenvalue weighted by Gasteiger charge is -2.22. The van der Waals surface area contributed by atoms with Crippen molar-refractivity contribution in [2.24, 2.45) is 0 Å². The van der Waals surface area contributed by atoms with E-state index < -0.39 is 5.97 Å². The molecule has 0 aromatic heterocycles. The molecule has 0 radical (unpaired) electrons. The Morgan fingerprint density at radius 2 is 1.95 bits per heavy atom. The van der Waals surface area contributed by atoms with Gasteiger partial charge in [-0.3, -0.25) is 4.79 Å². The number of benzene rings is 1. The van der Waals surface area contributed by atoms with Crippen molar-refractivity contribution < 1.29 is 14.6 Å². The zero-order chi connectivity index (χ0) is 16.0. The van der Waals surface area contributed by atoms with Gasteiger partial charge in [0.15, 0.2) is 0 Å². The molecule has 0 heterocycles. The van der Waals surface area contributed by atoms with E-state index in [-0.39, 0.29) is 11.8 Å². The van der Waals surface area contributed by atoms with E-state index in [0.29, 0.717) is 6.61 Å². The van der Waals surface area contributed by atoms with Crippen molar-refractivity contribution in [1.82, 2.24) is 0 Å². The number of hydrogen-bond acceptors (Lipinski definition) is 2. The minimum absolute atomic E-state index is 0.0362. The van der Waals surface area contributed by atoms with Gasteiger partial charge < -0.3 is 9.84 Å². The second-order valence-corrected chi connectivity index (χ2v) is 6.07. The largest absolute Gasteiger partial charge is 0.493 e. The zero-order valence-corrected chi connectivity index (χ0v) is 13.7. The summed E-state index contributed by atoms with van der Waals surface area (Å²) in [7, 11) is 0. The highest BCUT2D eigenvalue weighted by molar-refractivity contribution is 5.76. The molecule has 0 atom stereocenters. The Kier molecular flexibility index (Phi) is 6.01. The van der Waals surface area contributed by atoms with Crippen molar-refractivity contribution in [3.05, 3.63) is 35.4 Å². The van der Waals surface area contributed by atoms with Gasteiger partial charge in [-0.2, -0.15) is 0 Å². The van der Waals surface area contributed by atoms with E-state index in [9.17, 15) is 4.79 Å². The summed E-state index contributed by atoms with van der Waals surface area (Å²) < 4.78 is 5.71. The van der Waals surface area contributed by atoms with Crippen LogP contribution in [0.5, 0.6) is 5.75 Å². The minimum atomic E-state index is -0.814. The molecule has 0 aliphatic heterocycles. The molecule has 0 aliphatic rings. The number of rotatable bonds is 6. The van der Waals surface area contributed by atoms with Gasteiger partial charge >= 0.3 is 5.97 Å². The van der Waals surface area contributed by atoms with Crippen LogP contribution < -0.4 is 4.74 Å². The molecule has 0 aliphatic carbocycles. The summed E-state index contributed by atoms with van der Waals surface area (Å²) in [6, 6.07) is 6.20. The fraction of sp³-hybridized carbons (Fsp3) is 0.500. The number of allylic oxidation sites excluding steroid dienone is 1. The summed E-state index contributed by atoms with van der Waals surface area (Å²) in [5, 5.41) is 8.89. The first-order valence-corrected chi connectivity index (χ1v) is 7.48. The molecular weight excluding hydrogens is 264 g/mol. The van der Waals surface area contributed by atoms with Crippen LogP contribution in [-0.4, -0.2) is 17.7 Å². The number of aliphatic carboxylic acids is 1. The fourth-order valence-electron chi connectivity index (χ4n) is 2.18. The van der Waals surface area contributed by atoms with Crippen molar-refractivity contribution in [2.75, 3.05) is 6.61 Å². The van der Waals surface area contributed by atoms with E-state index in [2.05, 4.69) is 32.9 Å². The molecule has 116 valence electrons. The third-order valence-electron chi connectivity index (χ3n) is 3.40. The Balaban J connectivity index is 3.33. The Morgan fingerprint density at radius 1 is 1.29 bits per heavy atom. The summed E-state index contributed by atoms with van der Waals surface area (Å²) in [5.74, 6) is 0.00914. The maximum Gasteiger partial charge on any atom is 0.307 e. The molecule has 3 nitrogen and oxygen atoms in total. The molecule has 0 spiro atoms. The average molecular weight is 290 g/mol. The molecule has 0 bridgehead atoms. The Labute approximate surface area is 127 Å². The van der Waals surface area contributed by atoms with Crippen molar-refractivity contribution in [3.8, 4) is 5.75 Å². The molecule has 1 aromatic carbocycles. The van der Waals surface area contributed by atoms with E-state index in [1.165, 1.54) is 5.56 Å². The lowest BCUT2D eigenvalue weighted by molar-refractivity contribution is -0.135. The lowest BCUT2D eigenvalue weighted by atomic mass is 9.84. The first-order valence-electron chi connectivity index (χ1n) is 7.48. The van der Waals surface area contributed by atoms with Gasteiger partial charge in [0, 0.05) is 5.56 Å². The molecule has 0 amide bonds.